The Labute approximate surface area is 87.5 Å². The average Bonchev–Trinajstić information content (AvgIpc) is 2.77. The molecule has 0 saturated heterocycles. The van der Waals surface area contributed by atoms with Crippen LogP contribution in [0.1, 0.15) is 18.0 Å². The molecule has 2 heterocycles. The first-order valence-corrected chi connectivity index (χ1v) is 5.07. The third kappa shape index (κ3) is 1.46. The van der Waals surface area contributed by atoms with E-state index < -0.39 is 0 Å². The molecule has 2 aromatic rings. The first-order chi connectivity index (χ1) is 7.43. The molecule has 15 heavy (non-hydrogen) atoms. The summed E-state index contributed by atoms with van der Waals surface area (Å²) in [6.07, 6.45) is 11.4. The third-order valence-electron chi connectivity index (χ3n) is 2.68. The smallest absolute Gasteiger partial charge is 0.181 e. The van der Waals surface area contributed by atoms with Crippen LogP contribution in [0.4, 0.5) is 0 Å². The SMILES string of the molecule is C1=CCC(c2ccc3c[nH]nc3n2)C=C1. The fraction of sp³-hybridized carbons (Fsp3) is 0.167. The Kier molecular flexibility index (Phi) is 1.88. The molecule has 1 atom stereocenters. The number of fused-ring (bicyclic) bond motifs is 1. The zero-order valence-electron chi connectivity index (χ0n) is 8.22. The van der Waals surface area contributed by atoms with Gasteiger partial charge in [0.2, 0.25) is 0 Å². The summed E-state index contributed by atoms with van der Waals surface area (Å²) in [5.41, 5.74) is 1.89. The monoisotopic (exact) mass is 197 g/mol. The van der Waals surface area contributed by atoms with Gasteiger partial charge in [-0.15, -0.1) is 0 Å². The summed E-state index contributed by atoms with van der Waals surface area (Å²) in [7, 11) is 0. The summed E-state index contributed by atoms with van der Waals surface area (Å²) in [4.78, 5) is 4.53. The highest BCUT2D eigenvalue weighted by molar-refractivity contribution is 5.73. The quantitative estimate of drug-likeness (QED) is 0.763. The van der Waals surface area contributed by atoms with E-state index in [4.69, 9.17) is 0 Å². The van der Waals surface area contributed by atoms with E-state index in [1.165, 1.54) is 0 Å². The number of allylic oxidation sites excluding steroid dienone is 4. The summed E-state index contributed by atoms with van der Waals surface area (Å²) >= 11 is 0. The van der Waals surface area contributed by atoms with Crippen molar-refractivity contribution in [3.63, 3.8) is 0 Å². The molecular formula is C12H11N3. The Bertz CT molecular complexity index is 537. The van der Waals surface area contributed by atoms with Gasteiger partial charge in [-0.1, -0.05) is 24.3 Å². The number of aromatic nitrogens is 3. The van der Waals surface area contributed by atoms with Gasteiger partial charge < -0.3 is 0 Å². The van der Waals surface area contributed by atoms with Gasteiger partial charge in [-0.3, -0.25) is 5.10 Å². The molecule has 0 aromatic carbocycles. The molecule has 0 spiro atoms. The third-order valence-corrected chi connectivity index (χ3v) is 2.68. The molecule has 2 aromatic heterocycles. The van der Waals surface area contributed by atoms with Gasteiger partial charge in [0.05, 0.1) is 5.69 Å². The molecule has 0 bridgehead atoms. The van der Waals surface area contributed by atoms with Crippen LogP contribution in [0.5, 0.6) is 0 Å². The van der Waals surface area contributed by atoms with Crippen LogP contribution in [-0.4, -0.2) is 15.2 Å². The standard InChI is InChI=1S/C12H11N3/c1-2-4-9(5-3-1)11-7-6-10-8-13-15-12(10)14-11/h1-4,6-9H,5H2,(H,13,14,15). The highest BCUT2D eigenvalue weighted by atomic mass is 15.1. The lowest BCUT2D eigenvalue weighted by molar-refractivity contribution is 0.819. The number of nitrogens with zero attached hydrogens (tertiary/aromatic N) is 2. The molecule has 3 heteroatoms. The molecular weight excluding hydrogens is 186 g/mol. The van der Waals surface area contributed by atoms with E-state index in [0.29, 0.717) is 5.92 Å². The molecule has 1 aliphatic rings. The maximum atomic E-state index is 4.53. The molecule has 0 radical (unpaired) electrons. The van der Waals surface area contributed by atoms with Crippen LogP contribution >= 0.6 is 0 Å². The summed E-state index contributed by atoms with van der Waals surface area (Å²) in [6.45, 7) is 0. The van der Waals surface area contributed by atoms with Crippen molar-refractivity contribution in [3.8, 4) is 0 Å². The fourth-order valence-corrected chi connectivity index (χ4v) is 1.85. The minimum absolute atomic E-state index is 0.399. The Balaban J connectivity index is 2.03. The van der Waals surface area contributed by atoms with Crippen LogP contribution in [0.3, 0.4) is 0 Å². The first-order valence-electron chi connectivity index (χ1n) is 5.07. The zero-order chi connectivity index (χ0) is 10.1. The number of aromatic amines is 1. The Hall–Kier alpha value is -1.90. The second-order valence-corrected chi connectivity index (χ2v) is 3.69. The molecule has 1 N–H and O–H groups in total. The van der Waals surface area contributed by atoms with E-state index >= 15 is 0 Å². The van der Waals surface area contributed by atoms with Crippen LogP contribution in [0, 0.1) is 0 Å². The molecule has 0 saturated carbocycles. The van der Waals surface area contributed by atoms with E-state index in [0.717, 1.165) is 23.1 Å². The maximum Gasteiger partial charge on any atom is 0.181 e. The maximum absolute atomic E-state index is 4.53. The molecule has 0 aliphatic heterocycles. The largest absolute Gasteiger partial charge is 0.283 e. The highest BCUT2D eigenvalue weighted by Crippen LogP contribution is 2.24. The van der Waals surface area contributed by atoms with Crippen molar-refractivity contribution < 1.29 is 0 Å². The normalized spacial score (nSPS) is 19.9. The van der Waals surface area contributed by atoms with Crippen LogP contribution in [0.2, 0.25) is 0 Å². The van der Waals surface area contributed by atoms with Crippen molar-refractivity contribution in [2.45, 2.75) is 12.3 Å². The van der Waals surface area contributed by atoms with Crippen molar-refractivity contribution in [1.29, 1.82) is 0 Å². The van der Waals surface area contributed by atoms with Gasteiger partial charge in [0.15, 0.2) is 5.65 Å². The van der Waals surface area contributed by atoms with Gasteiger partial charge in [0, 0.05) is 17.5 Å². The summed E-state index contributed by atoms with van der Waals surface area (Å²) in [5, 5.41) is 7.98. The Morgan fingerprint density at radius 2 is 2.27 bits per heavy atom. The van der Waals surface area contributed by atoms with Crippen LogP contribution in [0.25, 0.3) is 11.0 Å². The molecule has 1 aliphatic carbocycles. The van der Waals surface area contributed by atoms with Crippen LogP contribution < -0.4 is 0 Å². The van der Waals surface area contributed by atoms with Gasteiger partial charge in [0.1, 0.15) is 0 Å². The molecule has 1 unspecified atom stereocenters. The number of nitrogens with one attached hydrogen (secondary N) is 1. The summed E-state index contributed by atoms with van der Waals surface area (Å²) in [6, 6.07) is 4.14. The van der Waals surface area contributed by atoms with Crippen LogP contribution in [-0.2, 0) is 0 Å². The minimum atomic E-state index is 0.399. The predicted molar refractivity (Wildman–Crippen MR) is 59.5 cm³/mol. The van der Waals surface area contributed by atoms with Crippen molar-refractivity contribution in [3.05, 3.63) is 48.3 Å². The summed E-state index contributed by atoms with van der Waals surface area (Å²) in [5.74, 6) is 0.399. The molecule has 0 fully saturated rings. The number of hydrogen-bond acceptors (Lipinski definition) is 2. The second-order valence-electron chi connectivity index (χ2n) is 3.69. The number of hydrogen-bond donors (Lipinski definition) is 1. The fourth-order valence-electron chi connectivity index (χ4n) is 1.85. The summed E-state index contributed by atoms with van der Waals surface area (Å²) < 4.78 is 0. The van der Waals surface area contributed by atoms with Gasteiger partial charge >= 0.3 is 0 Å². The van der Waals surface area contributed by atoms with Gasteiger partial charge in [-0.05, 0) is 18.6 Å². The van der Waals surface area contributed by atoms with E-state index in [1.54, 1.807) is 0 Å². The van der Waals surface area contributed by atoms with Gasteiger partial charge in [-0.2, -0.15) is 5.10 Å². The number of rotatable bonds is 1. The zero-order valence-corrected chi connectivity index (χ0v) is 8.22. The van der Waals surface area contributed by atoms with Gasteiger partial charge in [-0.25, -0.2) is 4.98 Å². The predicted octanol–water partition coefficient (Wildman–Crippen LogP) is 2.56. The lowest BCUT2D eigenvalue weighted by Gasteiger charge is -2.11. The van der Waals surface area contributed by atoms with Crippen molar-refractivity contribution in [2.24, 2.45) is 0 Å². The van der Waals surface area contributed by atoms with Gasteiger partial charge in [0.25, 0.3) is 0 Å². The number of pyridine rings is 1. The average molecular weight is 197 g/mol. The van der Waals surface area contributed by atoms with E-state index in [2.05, 4.69) is 51.6 Å². The molecule has 3 nitrogen and oxygen atoms in total. The van der Waals surface area contributed by atoms with Crippen LogP contribution in [0.15, 0.2) is 42.6 Å². The first kappa shape index (κ1) is 8.41. The lowest BCUT2D eigenvalue weighted by atomic mass is 9.97. The van der Waals surface area contributed by atoms with Crippen molar-refractivity contribution in [1.82, 2.24) is 15.2 Å². The lowest BCUT2D eigenvalue weighted by Crippen LogP contribution is -1.99. The minimum Gasteiger partial charge on any atom is -0.283 e. The second kappa shape index (κ2) is 3.35. The molecule has 3 rings (SSSR count). The number of H-pyrrole nitrogens is 1. The Morgan fingerprint density at radius 1 is 1.27 bits per heavy atom. The van der Waals surface area contributed by atoms with E-state index in [1.807, 2.05) is 6.20 Å². The van der Waals surface area contributed by atoms with Crippen molar-refractivity contribution >= 4 is 11.0 Å². The topological polar surface area (TPSA) is 41.6 Å². The molecule has 74 valence electrons. The molecule has 0 amide bonds. The highest BCUT2D eigenvalue weighted by Gasteiger charge is 2.10. The van der Waals surface area contributed by atoms with E-state index in [9.17, 15) is 0 Å². The van der Waals surface area contributed by atoms with Crippen molar-refractivity contribution in [2.75, 3.05) is 0 Å². The Morgan fingerprint density at radius 3 is 3.13 bits per heavy atom. The van der Waals surface area contributed by atoms with E-state index in [-0.39, 0.29) is 0 Å².